The topological polar surface area (TPSA) is 79.0 Å². The number of rotatable bonds is 3. The second kappa shape index (κ2) is 9.10. The van der Waals surface area contributed by atoms with Gasteiger partial charge in [-0.3, -0.25) is 0 Å². The van der Waals surface area contributed by atoms with Gasteiger partial charge in [0.2, 0.25) is 10.0 Å². The van der Waals surface area contributed by atoms with Crippen LogP contribution in [-0.4, -0.2) is 74.8 Å². The van der Waals surface area contributed by atoms with Crippen LogP contribution in [0.3, 0.4) is 0 Å². The number of amides is 2. The third-order valence-electron chi connectivity index (χ3n) is 6.25. The Bertz CT molecular complexity index is 1190. The van der Waals surface area contributed by atoms with Gasteiger partial charge in [-0.05, 0) is 25.0 Å². The van der Waals surface area contributed by atoms with Crippen molar-refractivity contribution in [3.05, 3.63) is 53.8 Å². The Morgan fingerprint density at radius 3 is 2.59 bits per heavy atom. The summed E-state index contributed by atoms with van der Waals surface area (Å²) in [5.41, 5.74) is 0.816. The Balaban J connectivity index is 1.84. The van der Waals surface area contributed by atoms with Gasteiger partial charge in [0.25, 0.3) is 5.92 Å². The zero-order valence-electron chi connectivity index (χ0n) is 18.8. The summed E-state index contributed by atoms with van der Waals surface area (Å²) < 4.78 is 78.2. The number of sulfonamides is 1. The van der Waals surface area contributed by atoms with E-state index < -0.39 is 52.2 Å². The molecule has 2 unspecified atom stereocenters. The van der Waals surface area contributed by atoms with E-state index in [1.165, 1.54) is 24.9 Å². The number of alkyl halides is 2. The molecular formula is C23H26F3N3O4S. The molecule has 1 fully saturated rings. The van der Waals surface area contributed by atoms with E-state index in [4.69, 9.17) is 4.74 Å². The van der Waals surface area contributed by atoms with Crippen molar-refractivity contribution in [2.45, 2.75) is 31.4 Å². The average Bonchev–Trinajstić information content (AvgIpc) is 3.04. The van der Waals surface area contributed by atoms with Gasteiger partial charge in [0.15, 0.2) is 0 Å². The predicted molar refractivity (Wildman–Crippen MR) is 121 cm³/mol. The van der Waals surface area contributed by atoms with Crippen molar-refractivity contribution >= 4 is 16.1 Å². The van der Waals surface area contributed by atoms with Gasteiger partial charge in [0.05, 0.1) is 24.9 Å². The molecule has 0 saturated carbocycles. The van der Waals surface area contributed by atoms with Crippen molar-refractivity contribution in [3.8, 4) is 16.9 Å². The monoisotopic (exact) mass is 497 g/mol. The second-order valence-electron chi connectivity index (χ2n) is 8.49. The van der Waals surface area contributed by atoms with E-state index in [-0.39, 0.29) is 30.7 Å². The number of para-hydroxylation sites is 1. The fraction of sp³-hybridized carbons (Fsp3) is 0.435. The summed E-state index contributed by atoms with van der Waals surface area (Å²) in [5, 5.41) is 0. The maximum absolute atomic E-state index is 15.7. The van der Waals surface area contributed by atoms with E-state index >= 15 is 13.2 Å². The number of nitrogens with zero attached hydrogens (tertiary/aromatic N) is 2. The van der Waals surface area contributed by atoms with Crippen LogP contribution in [0.2, 0.25) is 0 Å². The number of hydrogen-bond acceptors (Lipinski definition) is 4. The first-order chi connectivity index (χ1) is 16.0. The van der Waals surface area contributed by atoms with Crippen LogP contribution >= 0.6 is 0 Å². The molecule has 2 aliphatic rings. The summed E-state index contributed by atoms with van der Waals surface area (Å²) in [5.74, 6) is -4.15. The lowest BCUT2D eigenvalue weighted by Crippen LogP contribution is -2.53. The molecule has 0 radical (unpaired) electrons. The van der Waals surface area contributed by atoms with Crippen LogP contribution in [0.4, 0.5) is 18.0 Å². The standard InChI is InChI=1S/C23H26F3N3O4S/c1-3-34(31,32)27-21-18-13-15-7-6-9-17(20(15)24)16-8-4-5-10-19(16)33-12-11-28(2)22(30)29(18)14-23(21,25)26/h4-10,18,21,27H,3,11-14H2,1-2H3. The number of halogens is 3. The van der Waals surface area contributed by atoms with Gasteiger partial charge < -0.3 is 14.5 Å². The van der Waals surface area contributed by atoms with Crippen molar-refractivity contribution in [3.63, 3.8) is 0 Å². The number of urea groups is 1. The Labute approximate surface area is 196 Å². The SMILES string of the molecule is CCS(=O)(=O)NC1C2Cc3cccc(c3F)-c3ccccc3OCCN(C)C(=O)N2CC1(F)F. The molecule has 11 heteroatoms. The Morgan fingerprint density at radius 2 is 1.85 bits per heavy atom. The van der Waals surface area contributed by atoms with Gasteiger partial charge in [-0.25, -0.2) is 31.1 Å². The van der Waals surface area contributed by atoms with Gasteiger partial charge in [-0.1, -0.05) is 36.4 Å². The van der Waals surface area contributed by atoms with E-state index in [0.29, 0.717) is 11.3 Å². The van der Waals surface area contributed by atoms with E-state index in [2.05, 4.69) is 4.72 Å². The number of benzene rings is 2. The van der Waals surface area contributed by atoms with Crippen molar-refractivity contribution in [2.75, 3.05) is 32.5 Å². The molecule has 1 N–H and O–H groups in total. The molecule has 2 aromatic carbocycles. The first-order valence-corrected chi connectivity index (χ1v) is 12.6. The largest absolute Gasteiger partial charge is 0.491 e. The minimum absolute atomic E-state index is 0.0569. The minimum atomic E-state index is -4.03. The lowest BCUT2D eigenvalue weighted by molar-refractivity contribution is -0.00513. The van der Waals surface area contributed by atoms with Gasteiger partial charge in [0.1, 0.15) is 24.2 Å². The summed E-state index contributed by atoms with van der Waals surface area (Å²) in [6.07, 6.45) is -0.297. The third-order valence-corrected chi connectivity index (χ3v) is 7.62. The van der Waals surface area contributed by atoms with Gasteiger partial charge >= 0.3 is 6.03 Å². The Kier molecular flexibility index (Phi) is 6.52. The second-order valence-corrected chi connectivity index (χ2v) is 10.5. The summed E-state index contributed by atoms with van der Waals surface area (Å²) in [4.78, 5) is 15.3. The fourth-order valence-electron chi connectivity index (χ4n) is 4.38. The summed E-state index contributed by atoms with van der Waals surface area (Å²) in [6, 6.07) is 7.58. The van der Waals surface area contributed by atoms with Gasteiger partial charge in [0, 0.05) is 18.2 Å². The number of carbonyl (C=O) groups is 1. The van der Waals surface area contributed by atoms with Crippen molar-refractivity contribution < 1.29 is 31.1 Å². The summed E-state index contributed by atoms with van der Waals surface area (Å²) in [6.45, 7) is 0.492. The predicted octanol–water partition coefficient (Wildman–Crippen LogP) is 3.11. The first-order valence-electron chi connectivity index (χ1n) is 10.9. The lowest BCUT2D eigenvalue weighted by Gasteiger charge is -2.31. The molecule has 184 valence electrons. The minimum Gasteiger partial charge on any atom is -0.491 e. The third kappa shape index (κ3) is 4.58. The molecule has 2 bridgehead atoms. The summed E-state index contributed by atoms with van der Waals surface area (Å²) in [7, 11) is -2.57. The van der Waals surface area contributed by atoms with Gasteiger partial charge in [-0.15, -0.1) is 0 Å². The van der Waals surface area contributed by atoms with Gasteiger partial charge in [-0.2, -0.15) is 0 Å². The number of ether oxygens (including phenoxy) is 1. The van der Waals surface area contributed by atoms with Crippen molar-refractivity contribution in [1.82, 2.24) is 14.5 Å². The Hall–Kier alpha value is -2.79. The molecule has 0 aromatic heterocycles. The van der Waals surface area contributed by atoms with Crippen LogP contribution in [0, 0.1) is 5.82 Å². The molecule has 2 heterocycles. The molecule has 34 heavy (non-hydrogen) atoms. The highest BCUT2D eigenvalue weighted by Gasteiger charge is 2.57. The van der Waals surface area contributed by atoms with Crippen molar-refractivity contribution in [1.29, 1.82) is 0 Å². The molecule has 7 nitrogen and oxygen atoms in total. The molecule has 2 aromatic rings. The van der Waals surface area contributed by atoms with E-state index in [9.17, 15) is 13.2 Å². The van der Waals surface area contributed by atoms with E-state index in [1.807, 2.05) is 0 Å². The highest BCUT2D eigenvalue weighted by molar-refractivity contribution is 7.89. The van der Waals surface area contributed by atoms with Crippen LogP contribution in [0.25, 0.3) is 11.1 Å². The maximum Gasteiger partial charge on any atom is 0.320 e. The number of fused-ring (bicyclic) bond motifs is 5. The molecule has 1 saturated heterocycles. The molecule has 2 atom stereocenters. The zero-order chi connectivity index (χ0) is 24.7. The highest BCUT2D eigenvalue weighted by atomic mass is 32.2. The van der Waals surface area contributed by atoms with Crippen LogP contribution < -0.4 is 9.46 Å². The first kappa shape index (κ1) is 24.3. The number of hydrogen-bond donors (Lipinski definition) is 1. The van der Waals surface area contributed by atoms with Crippen molar-refractivity contribution in [2.24, 2.45) is 0 Å². The van der Waals surface area contributed by atoms with Crippen LogP contribution in [0.5, 0.6) is 5.75 Å². The summed E-state index contributed by atoms with van der Waals surface area (Å²) >= 11 is 0. The lowest BCUT2D eigenvalue weighted by atomic mass is 9.95. The fourth-order valence-corrected chi connectivity index (χ4v) is 5.26. The van der Waals surface area contributed by atoms with Crippen LogP contribution in [0.1, 0.15) is 12.5 Å². The van der Waals surface area contributed by atoms with Crippen LogP contribution in [0.15, 0.2) is 42.5 Å². The molecule has 0 aliphatic carbocycles. The molecule has 2 amide bonds. The molecule has 4 rings (SSSR count). The van der Waals surface area contributed by atoms with Crippen LogP contribution in [-0.2, 0) is 16.4 Å². The maximum atomic E-state index is 15.7. The Morgan fingerprint density at radius 1 is 1.15 bits per heavy atom. The molecule has 2 aliphatic heterocycles. The smallest absolute Gasteiger partial charge is 0.320 e. The molecular weight excluding hydrogens is 471 g/mol. The number of nitrogens with one attached hydrogen (secondary N) is 1. The van der Waals surface area contributed by atoms with E-state index in [0.717, 1.165) is 4.90 Å². The highest BCUT2D eigenvalue weighted by Crippen LogP contribution is 2.38. The average molecular weight is 498 g/mol. The number of carbonyl (C=O) groups excluding carboxylic acids is 1. The number of likely N-dealkylation sites (N-methyl/N-ethyl adjacent to an activating group) is 1. The van der Waals surface area contributed by atoms with E-state index in [1.54, 1.807) is 36.4 Å². The normalized spacial score (nSPS) is 22.7. The zero-order valence-corrected chi connectivity index (χ0v) is 19.6. The quantitative estimate of drug-likeness (QED) is 0.707. The molecule has 0 spiro atoms.